The third kappa shape index (κ3) is 8.86. The quantitative estimate of drug-likeness (QED) is 0.278. The lowest BCUT2D eigenvalue weighted by atomic mass is 9.97. The predicted octanol–water partition coefficient (Wildman–Crippen LogP) is 5.80. The van der Waals surface area contributed by atoms with Crippen LogP contribution < -0.4 is 9.47 Å². The van der Waals surface area contributed by atoms with Crippen LogP contribution in [0.2, 0.25) is 0 Å². The van der Waals surface area contributed by atoms with Gasteiger partial charge in [0.05, 0.1) is 18.4 Å². The number of hydrogen-bond donors (Lipinski definition) is 1. The summed E-state index contributed by atoms with van der Waals surface area (Å²) in [6, 6.07) is 26.2. The van der Waals surface area contributed by atoms with E-state index >= 15 is 0 Å². The van der Waals surface area contributed by atoms with Crippen molar-refractivity contribution in [3.63, 3.8) is 0 Å². The van der Waals surface area contributed by atoms with E-state index in [4.69, 9.17) is 24.7 Å². The largest absolute Gasteiger partial charge is 0.489 e. The lowest BCUT2D eigenvalue weighted by Crippen LogP contribution is -2.13. The molecule has 3 aromatic carbocycles. The van der Waals surface area contributed by atoms with E-state index in [1.807, 2.05) is 74.5 Å². The summed E-state index contributed by atoms with van der Waals surface area (Å²) in [5.74, 6) is -0.352. The van der Waals surface area contributed by atoms with E-state index in [0.717, 1.165) is 11.1 Å². The van der Waals surface area contributed by atoms with Gasteiger partial charge in [-0.15, -0.1) is 0 Å². The molecule has 0 amide bonds. The minimum Gasteiger partial charge on any atom is -0.489 e. The van der Waals surface area contributed by atoms with Crippen LogP contribution in [-0.4, -0.2) is 30.5 Å². The lowest BCUT2D eigenvalue weighted by Gasteiger charge is -2.11. The predicted molar refractivity (Wildman–Crippen MR) is 135 cm³/mol. The number of nitrogens with zero attached hydrogens (tertiary/aromatic N) is 2. The van der Waals surface area contributed by atoms with Gasteiger partial charge in [-0.1, -0.05) is 73.6 Å². The Kier molecular flexibility index (Phi) is 11.4. The van der Waals surface area contributed by atoms with Crippen molar-refractivity contribution in [2.45, 2.75) is 32.8 Å². The Morgan fingerprint density at radius 1 is 0.943 bits per heavy atom. The second-order valence-electron chi connectivity index (χ2n) is 7.16. The Hall–Kier alpha value is -4.31. The van der Waals surface area contributed by atoms with Crippen LogP contribution in [0.3, 0.4) is 0 Å². The molecule has 0 aliphatic heterocycles. The maximum Gasteiger partial charge on any atom is 0.305 e. The van der Waals surface area contributed by atoms with Crippen LogP contribution in [0.15, 0.2) is 84.0 Å². The maximum atomic E-state index is 10.9. The first-order valence-corrected chi connectivity index (χ1v) is 11.3. The minimum absolute atomic E-state index is 0.227. The monoisotopic (exact) mass is 474 g/mol. The van der Waals surface area contributed by atoms with Gasteiger partial charge in [-0.3, -0.25) is 4.79 Å². The van der Waals surface area contributed by atoms with Crippen LogP contribution in [0, 0.1) is 11.3 Å². The van der Waals surface area contributed by atoms with E-state index in [0.29, 0.717) is 29.4 Å². The number of rotatable bonds is 11. The summed E-state index contributed by atoms with van der Waals surface area (Å²) in [5.41, 5.74) is 3.23. The summed E-state index contributed by atoms with van der Waals surface area (Å²) >= 11 is 0. The van der Waals surface area contributed by atoms with E-state index in [1.165, 1.54) is 7.11 Å². The summed E-state index contributed by atoms with van der Waals surface area (Å²) in [6.07, 6.45) is -0.227. The molecule has 1 N–H and O–H groups in total. The van der Waals surface area contributed by atoms with Gasteiger partial charge in [0.1, 0.15) is 37.5 Å². The molecule has 0 aliphatic rings. The van der Waals surface area contributed by atoms with Gasteiger partial charge in [0.15, 0.2) is 0 Å². The number of carbonyl (C=O) groups is 1. The summed E-state index contributed by atoms with van der Waals surface area (Å²) in [6.45, 7) is 4.63. The SMILES string of the molecule is CC.CO/N=C(\COc1ccc(COc2ccc(C(C#N)CC(=O)O)cc2)cc1)c1ccccc1. The fourth-order valence-electron chi connectivity index (χ4n) is 3.11. The average molecular weight is 475 g/mol. The van der Waals surface area contributed by atoms with Gasteiger partial charge in [0.25, 0.3) is 0 Å². The highest BCUT2D eigenvalue weighted by Crippen LogP contribution is 2.23. The van der Waals surface area contributed by atoms with Crippen molar-refractivity contribution in [3.05, 3.63) is 95.6 Å². The molecule has 7 nitrogen and oxygen atoms in total. The number of oxime groups is 1. The molecular formula is C28H30N2O5. The van der Waals surface area contributed by atoms with E-state index in [-0.39, 0.29) is 13.0 Å². The van der Waals surface area contributed by atoms with Crippen molar-refractivity contribution >= 4 is 11.7 Å². The zero-order valence-electron chi connectivity index (χ0n) is 20.2. The number of hydrogen-bond acceptors (Lipinski definition) is 6. The summed E-state index contributed by atoms with van der Waals surface area (Å²) in [7, 11) is 1.50. The van der Waals surface area contributed by atoms with Gasteiger partial charge in [0, 0.05) is 5.56 Å². The van der Waals surface area contributed by atoms with Crippen molar-refractivity contribution in [2.24, 2.45) is 5.16 Å². The molecule has 0 saturated heterocycles. The first kappa shape index (κ1) is 26.9. The van der Waals surface area contributed by atoms with Gasteiger partial charge in [-0.25, -0.2) is 0 Å². The molecule has 182 valence electrons. The molecule has 0 fully saturated rings. The molecule has 0 bridgehead atoms. The molecule has 0 heterocycles. The van der Waals surface area contributed by atoms with Crippen LogP contribution in [-0.2, 0) is 16.2 Å². The number of benzene rings is 3. The summed E-state index contributed by atoms with van der Waals surface area (Å²) in [5, 5.41) is 22.1. The number of carboxylic acid groups (broad SMARTS) is 1. The van der Waals surface area contributed by atoms with E-state index < -0.39 is 11.9 Å². The van der Waals surface area contributed by atoms with Crippen LogP contribution in [0.5, 0.6) is 11.5 Å². The molecule has 3 rings (SSSR count). The molecule has 7 heteroatoms. The minimum atomic E-state index is -1.00. The molecule has 1 atom stereocenters. The van der Waals surface area contributed by atoms with Gasteiger partial charge in [-0.2, -0.15) is 5.26 Å². The molecule has 0 spiro atoms. The van der Waals surface area contributed by atoms with Crippen LogP contribution in [0.4, 0.5) is 0 Å². The average Bonchev–Trinajstić information content (AvgIpc) is 2.91. The Labute approximate surface area is 206 Å². The van der Waals surface area contributed by atoms with Gasteiger partial charge in [-0.05, 0) is 35.4 Å². The number of aliphatic carboxylic acids is 1. The fraction of sp³-hybridized carbons (Fsp3) is 0.250. The Morgan fingerprint density at radius 3 is 2.11 bits per heavy atom. The molecule has 0 radical (unpaired) electrons. The van der Waals surface area contributed by atoms with Crippen LogP contribution in [0.25, 0.3) is 0 Å². The Bertz CT molecular complexity index is 1100. The van der Waals surface area contributed by atoms with Gasteiger partial charge in [0.2, 0.25) is 0 Å². The topological polar surface area (TPSA) is 101 Å². The molecule has 3 aromatic rings. The number of nitriles is 1. The zero-order valence-corrected chi connectivity index (χ0v) is 20.2. The highest BCUT2D eigenvalue weighted by Gasteiger charge is 2.14. The first-order valence-electron chi connectivity index (χ1n) is 11.3. The maximum absolute atomic E-state index is 10.9. The Balaban J connectivity index is 0.00000210. The highest BCUT2D eigenvalue weighted by molar-refractivity contribution is 6.01. The smallest absolute Gasteiger partial charge is 0.305 e. The van der Waals surface area contributed by atoms with Crippen molar-refractivity contribution in [3.8, 4) is 17.6 Å². The normalized spacial score (nSPS) is 11.3. The first-order chi connectivity index (χ1) is 17.1. The zero-order chi connectivity index (χ0) is 25.5. The molecule has 1 unspecified atom stereocenters. The molecular weight excluding hydrogens is 444 g/mol. The number of ether oxygens (including phenoxy) is 2. The van der Waals surface area contributed by atoms with Gasteiger partial charge < -0.3 is 19.4 Å². The van der Waals surface area contributed by atoms with Crippen molar-refractivity contribution in [1.29, 1.82) is 5.26 Å². The summed E-state index contributed by atoms with van der Waals surface area (Å²) < 4.78 is 11.6. The standard InChI is InChI=1S/C26H24N2O5.C2H6/c1-31-28-25(21-5-3-2-4-6-21)18-33-23-11-7-19(8-12-23)17-32-24-13-9-20(10-14-24)22(16-27)15-26(29)30;1-2/h2-14,22H,15,17-18H2,1H3,(H,29,30);1-2H3/b28-25+;. The van der Waals surface area contributed by atoms with Crippen molar-refractivity contribution in [2.75, 3.05) is 13.7 Å². The van der Waals surface area contributed by atoms with Gasteiger partial charge >= 0.3 is 5.97 Å². The van der Waals surface area contributed by atoms with E-state index in [1.54, 1.807) is 24.3 Å². The van der Waals surface area contributed by atoms with Crippen molar-refractivity contribution in [1.82, 2.24) is 0 Å². The second-order valence-corrected chi connectivity index (χ2v) is 7.16. The van der Waals surface area contributed by atoms with Crippen LogP contribution in [0.1, 0.15) is 42.9 Å². The molecule has 0 aliphatic carbocycles. The third-order valence-electron chi connectivity index (χ3n) is 4.83. The second kappa shape index (κ2) is 14.8. The van der Waals surface area contributed by atoms with Crippen molar-refractivity contribution < 1.29 is 24.2 Å². The van der Waals surface area contributed by atoms with Crippen LogP contribution >= 0.6 is 0 Å². The highest BCUT2D eigenvalue weighted by atomic mass is 16.6. The van der Waals surface area contributed by atoms with E-state index in [9.17, 15) is 4.79 Å². The van der Waals surface area contributed by atoms with E-state index in [2.05, 4.69) is 5.16 Å². The third-order valence-corrected chi connectivity index (χ3v) is 4.83. The lowest BCUT2D eigenvalue weighted by molar-refractivity contribution is -0.137. The fourth-order valence-corrected chi connectivity index (χ4v) is 3.11. The number of carboxylic acids is 1. The molecule has 35 heavy (non-hydrogen) atoms. The Morgan fingerprint density at radius 2 is 1.54 bits per heavy atom. The molecule has 0 aromatic heterocycles. The molecule has 0 saturated carbocycles. The summed E-state index contributed by atoms with van der Waals surface area (Å²) in [4.78, 5) is 15.8.